The first-order valence-electron chi connectivity index (χ1n) is 12.0. The van der Waals surface area contributed by atoms with Crippen molar-refractivity contribution in [2.45, 2.75) is 49.3 Å². The van der Waals surface area contributed by atoms with Gasteiger partial charge in [-0.2, -0.15) is 16.8 Å². The molecule has 2 saturated heterocycles. The molecular weight excluding hydrogens is 578 g/mol. The van der Waals surface area contributed by atoms with Gasteiger partial charge in [0.1, 0.15) is 24.4 Å². The Kier molecular flexibility index (Phi) is 11.3. The fourth-order valence-electron chi connectivity index (χ4n) is 4.18. The molecule has 8 atom stereocenters. The predicted molar refractivity (Wildman–Crippen MR) is 136 cm³/mol. The van der Waals surface area contributed by atoms with Crippen molar-refractivity contribution in [2.24, 2.45) is 5.92 Å². The van der Waals surface area contributed by atoms with E-state index in [4.69, 9.17) is 23.3 Å². The van der Waals surface area contributed by atoms with Gasteiger partial charge in [0.2, 0.25) is 5.91 Å². The number of aliphatic hydroxyl groups is 2. The summed E-state index contributed by atoms with van der Waals surface area (Å²) >= 11 is 0. The molecule has 1 aromatic rings. The highest BCUT2D eigenvalue weighted by molar-refractivity contribution is 7.81. The van der Waals surface area contributed by atoms with E-state index in [1.54, 1.807) is 0 Å². The topological polar surface area (TPSA) is 224 Å². The van der Waals surface area contributed by atoms with E-state index in [2.05, 4.69) is 20.3 Å². The Morgan fingerprint density at radius 3 is 2.40 bits per heavy atom. The number of benzene rings is 1. The number of carbonyl (C=O) groups is 1. The third-order valence-electron chi connectivity index (χ3n) is 6.03. The van der Waals surface area contributed by atoms with Crippen molar-refractivity contribution in [1.82, 2.24) is 5.32 Å². The molecule has 40 heavy (non-hydrogen) atoms. The molecule has 0 aliphatic carbocycles. The van der Waals surface area contributed by atoms with E-state index in [0.717, 1.165) is 5.56 Å². The summed E-state index contributed by atoms with van der Waals surface area (Å²) in [5.74, 6) is -0.916. The molecule has 0 spiro atoms. The molecule has 1 aromatic carbocycles. The van der Waals surface area contributed by atoms with Gasteiger partial charge in [0.25, 0.3) is 0 Å². The van der Waals surface area contributed by atoms with Crippen molar-refractivity contribution in [3.05, 3.63) is 54.6 Å². The lowest BCUT2D eigenvalue weighted by Crippen LogP contribution is -2.61. The number of aliphatic hydroxyl groups excluding tert-OH is 2. The molecule has 0 bridgehead atoms. The number of hydrogen-bond donors (Lipinski definition) is 5. The summed E-state index contributed by atoms with van der Waals surface area (Å²) in [7, 11) is -10.1. The third kappa shape index (κ3) is 9.67. The van der Waals surface area contributed by atoms with Crippen molar-refractivity contribution in [1.29, 1.82) is 0 Å². The van der Waals surface area contributed by atoms with Crippen LogP contribution in [0.5, 0.6) is 0 Å². The van der Waals surface area contributed by atoms with Gasteiger partial charge in [-0.25, -0.2) is 8.37 Å². The Hall–Kier alpha value is -2.29. The van der Waals surface area contributed by atoms with Crippen LogP contribution in [0.1, 0.15) is 12.0 Å². The maximum absolute atomic E-state index is 12.8. The van der Waals surface area contributed by atoms with Crippen LogP contribution < -0.4 is 5.32 Å². The average Bonchev–Trinajstić information content (AvgIpc) is 3.31. The summed E-state index contributed by atoms with van der Waals surface area (Å²) in [5.41, 5.74) is 0.974. The van der Waals surface area contributed by atoms with Crippen LogP contribution in [0, 0.1) is 5.92 Å². The fraction of sp³-hybridized carbons (Fsp3) is 0.522. The molecule has 2 aliphatic heterocycles. The van der Waals surface area contributed by atoms with Gasteiger partial charge in [-0.3, -0.25) is 13.9 Å². The molecule has 2 fully saturated rings. The number of rotatable bonds is 13. The Morgan fingerprint density at radius 2 is 1.77 bits per heavy atom. The van der Waals surface area contributed by atoms with Crippen LogP contribution >= 0.6 is 0 Å². The first kappa shape index (κ1) is 32.2. The third-order valence-corrected chi connectivity index (χ3v) is 6.93. The summed E-state index contributed by atoms with van der Waals surface area (Å²) in [6.07, 6.45) is -4.68. The Morgan fingerprint density at radius 1 is 1.07 bits per heavy atom. The second-order valence-electron chi connectivity index (χ2n) is 8.87. The molecule has 5 N–H and O–H groups in total. The minimum absolute atomic E-state index is 0.102. The molecular formula is C23H31NO14S2. The predicted octanol–water partition coefficient (Wildman–Crippen LogP) is -0.754. The Balaban J connectivity index is 1.54. The molecule has 3 rings (SSSR count). The minimum Gasteiger partial charge on any atom is -0.387 e. The summed E-state index contributed by atoms with van der Waals surface area (Å²) in [5, 5.41) is 23.3. The van der Waals surface area contributed by atoms with Crippen LogP contribution in [0.15, 0.2) is 49.1 Å². The Labute approximate surface area is 231 Å². The summed E-state index contributed by atoms with van der Waals surface area (Å²) < 4.78 is 86.7. The van der Waals surface area contributed by atoms with Crippen molar-refractivity contribution in [3.63, 3.8) is 0 Å². The van der Waals surface area contributed by atoms with E-state index >= 15 is 0 Å². The SMILES string of the molecule is C=CC1OC(/C=C/c2ccccc2)CC1C(=O)NCCO[C@@H]1O[C@H](COS(=O)(=O)O)[C@H](O)[C@H](OS(=O)(=O)O)[C@H]1O. The number of hydrogen-bond acceptors (Lipinski definition) is 12. The van der Waals surface area contributed by atoms with Crippen LogP contribution in [0.4, 0.5) is 0 Å². The van der Waals surface area contributed by atoms with Crippen LogP contribution in [0.2, 0.25) is 0 Å². The fourth-order valence-corrected chi connectivity index (χ4v) is 5.00. The highest BCUT2D eigenvalue weighted by Crippen LogP contribution is 2.29. The average molecular weight is 610 g/mol. The molecule has 0 aromatic heterocycles. The van der Waals surface area contributed by atoms with Gasteiger partial charge in [-0.05, 0) is 12.0 Å². The van der Waals surface area contributed by atoms with Gasteiger partial charge >= 0.3 is 20.8 Å². The van der Waals surface area contributed by atoms with Crippen LogP contribution in [-0.4, -0.2) is 105 Å². The maximum Gasteiger partial charge on any atom is 0.397 e. The normalized spacial score (nSPS) is 31.3. The molecule has 3 unspecified atom stereocenters. The molecule has 0 saturated carbocycles. The van der Waals surface area contributed by atoms with E-state index in [-0.39, 0.29) is 25.2 Å². The van der Waals surface area contributed by atoms with Gasteiger partial charge in [-0.15, -0.1) is 6.58 Å². The second-order valence-corrected chi connectivity index (χ2v) is 11.0. The van der Waals surface area contributed by atoms with Crippen molar-refractivity contribution in [3.8, 4) is 0 Å². The number of carbonyl (C=O) groups excluding carboxylic acids is 1. The van der Waals surface area contributed by atoms with E-state index < -0.39 is 70.1 Å². The number of ether oxygens (including phenoxy) is 3. The van der Waals surface area contributed by atoms with Gasteiger partial charge in [0, 0.05) is 6.54 Å². The standard InChI is InChI=1S/C23H31NO14S2/c1-2-17-16(12-15(36-17)9-8-14-6-4-3-5-7-14)22(27)24-10-11-34-23-20(26)21(38-40(31,32)33)19(25)18(37-23)13-35-39(28,29)30/h2-9,15-21,23,25-26H,1,10-13H2,(H,24,27)(H,28,29,30)(H,31,32,33)/b9-8+/t15?,16?,17?,18-,19+,20-,21+,23-/m1/s1. The van der Waals surface area contributed by atoms with Crippen LogP contribution in [-0.2, 0) is 48.2 Å². The summed E-state index contributed by atoms with van der Waals surface area (Å²) in [6, 6.07) is 9.54. The molecule has 17 heteroatoms. The molecule has 0 radical (unpaired) electrons. The number of amides is 1. The lowest BCUT2D eigenvalue weighted by molar-refractivity contribution is -0.295. The van der Waals surface area contributed by atoms with Gasteiger partial charge in [0.05, 0.1) is 31.3 Å². The molecule has 2 heterocycles. The minimum atomic E-state index is -5.18. The Bertz CT molecular complexity index is 1240. The van der Waals surface area contributed by atoms with Gasteiger partial charge in [0.15, 0.2) is 6.29 Å². The van der Waals surface area contributed by atoms with Crippen LogP contribution in [0.25, 0.3) is 6.08 Å². The lowest BCUT2D eigenvalue weighted by Gasteiger charge is -2.41. The van der Waals surface area contributed by atoms with E-state index in [1.807, 2.05) is 42.5 Å². The van der Waals surface area contributed by atoms with Crippen molar-refractivity contribution < 1.29 is 63.5 Å². The zero-order valence-electron chi connectivity index (χ0n) is 21.0. The highest BCUT2D eigenvalue weighted by atomic mass is 32.3. The smallest absolute Gasteiger partial charge is 0.387 e. The van der Waals surface area contributed by atoms with Gasteiger partial charge < -0.3 is 29.7 Å². The summed E-state index contributed by atoms with van der Waals surface area (Å²) in [6.45, 7) is 2.30. The van der Waals surface area contributed by atoms with Crippen molar-refractivity contribution in [2.75, 3.05) is 19.8 Å². The lowest BCUT2D eigenvalue weighted by atomic mass is 9.98. The summed E-state index contributed by atoms with van der Waals surface area (Å²) in [4.78, 5) is 12.8. The molecule has 15 nitrogen and oxygen atoms in total. The largest absolute Gasteiger partial charge is 0.397 e. The first-order valence-corrected chi connectivity index (χ1v) is 14.7. The van der Waals surface area contributed by atoms with Crippen molar-refractivity contribution >= 4 is 32.8 Å². The molecule has 224 valence electrons. The van der Waals surface area contributed by atoms with Gasteiger partial charge in [-0.1, -0.05) is 48.6 Å². The quantitative estimate of drug-likeness (QED) is 0.105. The molecule has 2 aliphatic rings. The highest BCUT2D eigenvalue weighted by Gasteiger charge is 2.48. The van der Waals surface area contributed by atoms with Crippen LogP contribution in [0.3, 0.4) is 0 Å². The monoisotopic (exact) mass is 609 g/mol. The zero-order chi connectivity index (χ0) is 29.5. The van der Waals surface area contributed by atoms with E-state index in [9.17, 15) is 31.8 Å². The van der Waals surface area contributed by atoms with E-state index in [1.165, 1.54) is 6.08 Å². The maximum atomic E-state index is 12.8. The second kappa shape index (κ2) is 14.1. The first-order chi connectivity index (χ1) is 18.8. The molecule has 1 amide bonds. The zero-order valence-corrected chi connectivity index (χ0v) is 22.6. The van der Waals surface area contributed by atoms with E-state index in [0.29, 0.717) is 6.42 Å². The number of nitrogens with one attached hydrogen (secondary N) is 1.